The molecule has 1 heterocycles. The lowest BCUT2D eigenvalue weighted by Gasteiger charge is -2.09. The van der Waals surface area contributed by atoms with Gasteiger partial charge in [-0.1, -0.05) is 6.07 Å². The van der Waals surface area contributed by atoms with Crippen molar-refractivity contribution in [3.63, 3.8) is 0 Å². The third-order valence-corrected chi connectivity index (χ3v) is 3.24. The molecule has 2 nitrogen and oxygen atoms in total. The molecule has 0 amide bonds. The van der Waals surface area contributed by atoms with Gasteiger partial charge in [0.05, 0.1) is 10.5 Å². The van der Waals surface area contributed by atoms with Crippen LogP contribution in [0.1, 0.15) is 17.4 Å². The van der Waals surface area contributed by atoms with Crippen molar-refractivity contribution in [3.05, 3.63) is 56.6 Å². The standard InChI is InChI=1S/C11H8Br2FNO/c12-7-5-6(1-2-8(7)14)11(15)9-3-4-10(13)16-9/h1-5,11H,15H2. The molecule has 0 aliphatic carbocycles. The van der Waals surface area contributed by atoms with Gasteiger partial charge in [-0.3, -0.25) is 0 Å². The van der Waals surface area contributed by atoms with Gasteiger partial charge in [-0.15, -0.1) is 0 Å². The summed E-state index contributed by atoms with van der Waals surface area (Å²) in [7, 11) is 0. The van der Waals surface area contributed by atoms with Gasteiger partial charge in [-0.2, -0.15) is 0 Å². The second kappa shape index (κ2) is 4.69. The molecule has 5 heteroatoms. The maximum Gasteiger partial charge on any atom is 0.169 e. The highest BCUT2D eigenvalue weighted by Crippen LogP contribution is 2.26. The van der Waals surface area contributed by atoms with E-state index < -0.39 is 6.04 Å². The minimum atomic E-state index is -0.400. The van der Waals surface area contributed by atoms with Crippen molar-refractivity contribution >= 4 is 31.9 Å². The molecule has 0 saturated carbocycles. The summed E-state index contributed by atoms with van der Waals surface area (Å²) in [5.41, 5.74) is 6.78. The van der Waals surface area contributed by atoms with Crippen LogP contribution >= 0.6 is 31.9 Å². The molecular formula is C11H8Br2FNO. The topological polar surface area (TPSA) is 39.2 Å². The summed E-state index contributed by atoms with van der Waals surface area (Å²) in [5.74, 6) is 0.321. The van der Waals surface area contributed by atoms with Crippen LogP contribution in [-0.2, 0) is 0 Å². The Balaban J connectivity index is 2.33. The number of furan rings is 1. The largest absolute Gasteiger partial charge is 0.452 e. The first-order chi connectivity index (χ1) is 7.58. The van der Waals surface area contributed by atoms with Crippen molar-refractivity contribution in [2.45, 2.75) is 6.04 Å². The van der Waals surface area contributed by atoms with Gasteiger partial charge < -0.3 is 10.2 Å². The molecule has 0 saturated heterocycles. The van der Waals surface area contributed by atoms with Crippen LogP contribution in [-0.4, -0.2) is 0 Å². The van der Waals surface area contributed by atoms with Gasteiger partial charge >= 0.3 is 0 Å². The van der Waals surface area contributed by atoms with Crippen LogP contribution in [0.15, 0.2) is 43.9 Å². The Kier molecular flexibility index (Phi) is 3.47. The van der Waals surface area contributed by atoms with Crippen molar-refractivity contribution in [1.82, 2.24) is 0 Å². The van der Waals surface area contributed by atoms with E-state index in [1.54, 1.807) is 24.3 Å². The number of rotatable bonds is 2. The van der Waals surface area contributed by atoms with E-state index in [-0.39, 0.29) is 5.82 Å². The molecule has 84 valence electrons. The predicted octanol–water partition coefficient (Wildman–Crippen LogP) is 3.99. The summed E-state index contributed by atoms with van der Waals surface area (Å²) in [6.45, 7) is 0. The fourth-order valence-corrected chi connectivity index (χ4v) is 2.08. The number of halogens is 3. The number of benzene rings is 1. The highest BCUT2D eigenvalue weighted by molar-refractivity contribution is 9.10. The Morgan fingerprint density at radius 3 is 2.50 bits per heavy atom. The number of nitrogens with two attached hydrogens (primary N) is 1. The van der Waals surface area contributed by atoms with Crippen molar-refractivity contribution in [2.24, 2.45) is 5.73 Å². The van der Waals surface area contributed by atoms with Crippen molar-refractivity contribution < 1.29 is 8.81 Å². The molecule has 0 bridgehead atoms. The Morgan fingerprint density at radius 1 is 1.19 bits per heavy atom. The van der Waals surface area contributed by atoms with Crippen LogP contribution in [0.3, 0.4) is 0 Å². The second-order valence-electron chi connectivity index (χ2n) is 3.29. The fourth-order valence-electron chi connectivity index (χ4n) is 1.37. The highest BCUT2D eigenvalue weighted by Gasteiger charge is 2.14. The third-order valence-electron chi connectivity index (χ3n) is 2.20. The van der Waals surface area contributed by atoms with Gasteiger partial charge in [0, 0.05) is 0 Å². The van der Waals surface area contributed by atoms with E-state index in [2.05, 4.69) is 31.9 Å². The molecule has 0 spiro atoms. The van der Waals surface area contributed by atoms with Gasteiger partial charge in [0.2, 0.25) is 0 Å². The van der Waals surface area contributed by atoms with E-state index in [1.165, 1.54) is 6.07 Å². The first kappa shape index (κ1) is 11.8. The average molecular weight is 349 g/mol. The molecule has 2 rings (SSSR count). The summed E-state index contributed by atoms with van der Waals surface area (Å²) in [4.78, 5) is 0. The zero-order valence-electron chi connectivity index (χ0n) is 8.08. The number of hydrogen-bond acceptors (Lipinski definition) is 2. The quantitative estimate of drug-likeness (QED) is 0.891. The van der Waals surface area contributed by atoms with Crippen LogP contribution in [0.2, 0.25) is 0 Å². The summed E-state index contributed by atoms with van der Waals surface area (Å²) in [6, 6.07) is 7.82. The van der Waals surface area contributed by atoms with Crippen molar-refractivity contribution in [1.29, 1.82) is 0 Å². The van der Waals surface area contributed by atoms with Crippen LogP contribution in [0.5, 0.6) is 0 Å². The normalized spacial score (nSPS) is 12.8. The lowest BCUT2D eigenvalue weighted by atomic mass is 10.1. The van der Waals surface area contributed by atoms with Gasteiger partial charge in [0.25, 0.3) is 0 Å². The maximum absolute atomic E-state index is 13.1. The molecule has 1 aromatic carbocycles. The molecule has 2 aromatic rings. The molecule has 0 fully saturated rings. The average Bonchev–Trinajstić information content (AvgIpc) is 2.68. The van der Waals surface area contributed by atoms with Crippen LogP contribution in [0, 0.1) is 5.82 Å². The third kappa shape index (κ3) is 2.36. The summed E-state index contributed by atoms with van der Waals surface area (Å²) >= 11 is 6.33. The Labute approximate surface area is 109 Å². The van der Waals surface area contributed by atoms with Crippen molar-refractivity contribution in [3.8, 4) is 0 Å². The Bertz CT molecular complexity index is 512. The van der Waals surface area contributed by atoms with E-state index in [0.717, 1.165) is 5.56 Å². The van der Waals surface area contributed by atoms with Crippen LogP contribution in [0.4, 0.5) is 4.39 Å². The lowest BCUT2D eigenvalue weighted by Crippen LogP contribution is -2.10. The van der Waals surface area contributed by atoms with E-state index in [4.69, 9.17) is 10.2 Å². The van der Waals surface area contributed by atoms with Crippen LogP contribution in [0.25, 0.3) is 0 Å². The summed E-state index contributed by atoms with van der Waals surface area (Å²) < 4.78 is 19.4. The Morgan fingerprint density at radius 2 is 1.94 bits per heavy atom. The SMILES string of the molecule is NC(c1ccc(F)c(Br)c1)c1ccc(Br)o1. The minimum Gasteiger partial charge on any atom is -0.452 e. The minimum absolute atomic E-state index is 0.309. The molecule has 2 N–H and O–H groups in total. The second-order valence-corrected chi connectivity index (χ2v) is 4.93. The molecule has 0 radical (unpaired) electrons. The van der Waals surface area contributed by atoms with Crippen molar-refractivity contribution in [2.75, 3.05) is 0 Å². The van der Waals surface area contributed by atoms with Gasteiger partial charge in [-0.25, -0.2) is 4.39 Å². The molecule has 0 aliphatic heterocycles. The highest BCUT2D eigenvalue weighted by atomic mass is 79.9. The monoisotopic (exact) mass is 347 g/mol. The molecule has 1 atom stereocenters. The Hall–Kier alpha value is -0.650. The van der Waals surface area contributed by atoms with Gasteiger partial charge in [-0.05, 0) is 61.7 Å². The fraction of sp³-hybridized carbons (Fsp3) is 0.0909. The van der Waals surface area contributed by atoms with E-state index in [9.17, 15) is 4.39 Å². The molecule has 0 aliphatic rings. The maximum atomic E-state index is 13.1. The number of hydrogen-bond donors (Lipinski definition) is 1. The summed E-state index contributed by atoms with van der Waals surface area (Å²) in [6.07, 6.45) is 0. The molecular weight excluding hydrogens is 341 g/mol. The van der Waals surface area contributed by atoms with Crippen LogP contribution < -0.4 is 5.73 Å². The van der Waals surface area contributed by atoms with E-state index in [1.807, 2.05) is 0 Å². The van der Waals surface area contributed by atoms with Gasteiger partial charge in [0.15, 0.2) is 4.67 Å². The van der Waals surface area contributed by atoms with E-state index in [0.29, 0.717) is 14.9 Å². The molecule has 16 heavy (non-hydrogen) atoms. The molecule has 1 aromatic heterocycles. The predicted molar refractivity (Wildman–Crippen MR) is 66.5 cm³/mol. The van der Waals surface area contributed by atoms with Gasteiger partial charge in [0.1, 0.15) is 11.6 Å². The zero-order valence-corrected chi connectivity index (χ0v) is 11.3. The first-order valence-electron chi connectivity index (χ1n) is 4.53. The first-order valence-corrected chi connectivity index (χ1v) is 6.12. The summed E-state index contributed by atoms with van der Waals surface area (Å²) in [5, 5.41) is 0. The van der Waals surface area contributed by atoms with E-state index >= 15 is 0 Å². The lowest BCUT2D eigenvalue weighted by molar-refractivity contribution is 0.470. The smallest absolute Gasteiger partial charge is 0.169 e. The molecule has 1 unspecified atom stereocenters. The zero-order chi connectivity index (χ0) is 11.7.